The molecule has 0 bridgehead atoms. The van der Waals surface area contributed by atoms with E-state index in [1.54, 1.807) is 0 Å². The first kappa shape index (κ1) is 24.6. The van der Waals surface area contributed by atoms with Crippen LogP contribution in [0.2, 0.25) is 0 Å². The minimum Gasteiger partial charge on any atom is -0.507 e. The van der Waals surface area contributed by atoms with E-state index in [1.807, 2.05) is 6.08 Å². The van der Waals surface area contributed by atoms with Crippen LogP contribution in [-0.4, -0.2) is 35.4 Å². The molecule has 1 aromatic carbocycles. The van der Waals surface area contributed by atoms with Crippen molar-refractivity contribution < 1.29 is 34.1 Å². The molecule has 31 heavy (non-hydrogen) atoms. The summed E-state index contributed by atoms with van der Waals surface area (Å²) < 4.78 is 9.99. The largest absolute Gasteiger partial charge is 0.507 e. The highest BCUT2D eigenvalue weighted by Gasteiger charge is 2.39. The van der Waals surface area contributed by atoms with Crippen LogP contribution in [0.1, 0.15) is 103 Å². The van der Waals surface area contributed by atoms with Crippen LogP contribution < -0.4 is 0 Å². The lowest BCUT2D eigenvalue weighted by Crippen LogP contribution is -2.05. The molecule has 0 spiro atoms. The number of esters is 1. The maximum Gasteiger partial charge on any atom is 0.345 e. The Balaban J connectivity index is 1.94. The molecule has 0 amide bonds. The molecule has 170 valence electrons. The van der Waals surface area contributed by atoms with Crippen LogP contribution in [0.3, 0.4) is 0 Å². The lowest BCUT2D eigenvalue weighted by atomic mass is 9.93. The van der Waals surface area contributed by atoms with E-state index in [4.69, 9.17) is 9.47 Å². The Morgan fingerprint density at radius 3 is 2.42 bits per heavy atom. The number of fused-ring (bicyclic) bond motifs is 1. The number of aldehydes is 1. The smallest absolute Gasteiger partial charge is 0.345 e. The molecule has 0 unspecified atom stereocenters. The van der Waals surface area contributed by atoms with Gasteiger partial charge >= 0.3 is 5.97 Å². The van der Waals surface area contributed by atoms with E-state index in [-0.39, 0.29) is 40.9 Å². The van der Waals surface area contributed by atoms with E-state index < -0.39 is 23.8 Å². The third-order valence-electron chi connectivity index (χ3n) is 5.51. The third kappa shape index (κ3) is 6.17. The number of cyclic esters (lactones) is 1. The van der Waals surface area contributed by atoms with E-state index in [0.717, 1.165) is 19.3 Å². The van der Waals surface area contributed by atoms with Crippen molar-refractivity contribution in [3.8, 4) is 11.5 Å². The van der Waals surface area contributed by atoms with E-state index in [9.17, 15) is 24.6 Å². The van der Waals surface area contributed by atoms with Gasteiger partial charge in [0.05, 0.1) is 11.1 Å². The van der Waals surface area contributed by atoms with Gasteiger partial charge in [-0.05, 0) is 25.3 Å². The number of unbranched alkanes of at least 4 members (excludes halogenated alkanes) is 7. The van der Waals surface area contributed by atoms with Crippen molar-refractivity contribution in [2.45, 2.75) is 77.4 Å². The molecule has 7 heteroatoms. The highest BCUT2D eigenvalue weighted by molar-refractivity contribution is 6.02. The maximum atomic E-state index is 12.2. The van der Waals surface area contributed by atoms with Gasteiger partial charge in [0.15, 0.2) is 12.1 Å². The average Bonchev–Trinajstić information content (AvgIpc) is 3.09. The van der Waals surface area contributed by atoms with Gasteiger partial charge in [0, 0.05) is 19.1 Å². The van der Waals surface area contributed by atoms with Gasteiger partial charge in [0.2, 0.25) is 6.29 Å². The molecule has 0 saturated heterocycles. The number of allylic oxidation sites excluding steroid dienone is 2. The molecule has 1 aliphatic heterocycles. The quantitative estimate of drug-likeness (QED) is 0.186. The molecular weight excluding hydrogens is 400 g/mol. The maximum absolute atomic E-state index is 12.2. The second kappa shape index (κ2) is 12.2. The first-order valence-electron chi connectivity index (χ1n) is 10.9. The van der Waals surface area contributed by atoms with Crippen molar-refractivity contribution >= 4 is 18.0 Å². The normalized spacial score (nSPS) is 15.3. The highest BCUT2D eigenvalue weighted by atomic mass is 16.7. The van der Waals surface area contributed by atoms with E-state index in [0.29, 0.717) is 6.29 Å². The molecule has 1 aromatic rings. The molecule has 0 saturated carbocycles. The minimum absolute atomic E-state index is 0.00201. The van der Waals surface area contributed by atoms with Gasteiger partial charge in [-0.1, -0.05) is 51.5 Å². The third-order valence-corrected chi connectivity index (χ3v) is 5.51. The Labute approximate surface area is 183 Å². The number of rotatable bonds is 14. The van der Waals surface area contributed by atoms with Crippen molar-refractivity contribution in [3.05, 3.63) is 34.4 Å². The summed E-state index contributed by atoms with van der Waals surface area (Å²) in [5.74, 6) is -1.95. The van der Waals surface area contributed by atoms with E-state index in [2.05, 4.69) is 6.92 Å². The van der Waals surface area contributed by atoms with E-state index >= 15 is 0 Å². The Bertz CT molecular complexity index is 826. The van der Waals surface area contributed by atoms with Crippen molar-refractivity contribution in [3.63, 3.8) is 0 Å². The number of hydrogen-bond acceptors (Lipinski definition) is 7. The molecule has 0 radical (unpaired) electrons. The molecule has 0 aliphatic carbocycles. The molecule has 2 rings (SSSR count). The van der Waals surface area contributed by atoms with Gasteiger partial charge in [-0.3, -0.25) is 9.59 Å². The molecular formula is C24H32O7. The number of ether oxygens (including phenoxy) is 2. The Kier molecular flexibility index (Phi) is 9.72. The van der Waals surface area contributed by atoms with Crippen LogP contribution >= 0.6 is 0 Å². The zero-order valence-electron chi connectivity index (χ0n) is 18.3. The number of carbonyl (C=O) groups excluding carboxylic acids is 3. The number of phenols is 2. The lowest BCUT2D eigenvalue weighted by Gasteiger charge is -2.14. The summed E-state index contributed by atoms with van der Waals surface area (Å²) in [7, 11) is 1.28. The van der Waals surface area contributed by atoms with Crippen LogP contribution in [-0.2, 0) is 20.7 Å². The molecule has 0 fully saturated rings. The van der Waals surface area contributed by atoms with Crippen LogP contribution in [0, 0.1) is 0 Å². The van der Waals surface area contributed by atoms with Gasteiger partial charge in [0.25, 0.3) is 0 Å². The Morgan fingerprint density at radius 1 is 1.10 bits per heavy atom. The summed E-state index contributed by atoms with van der Waals surface area (Å²) in [6, 6.07) is 0. The topological polar surface area (TPSA) is 110 Å². The predicted octanol–water partition coefficient (Wildman–Crippen LogP) is 4.92. The van der Waals surface area contributed by atoms with Gasteiger partial charge in [-0.15, -0.1) is 0 Å². The van der Waals surface area contributed by atoms with E-state index in [1.165, 1.54) is 45.3 Å². The van der Waals surface area contributed by atoms with Crippen molar-refractivity contribution in [2.75, 3.05) is 7.11 Å². The predicted molar refractivity (Wildman–Crippen MR) is 115 cm³/mol. The van der Waals surface area contributed by atoms with Gasteiger partial charge < -0.3 is 19.7 Å². The second-order valence-electron chi connectivity index (χ2n) is 7.75. The van der Waals surface area contributed by atoms with Gasteiger partial charge in [0.1, 0.15) is 17.1 Å². The molecule has 0 aromatic heterocycles. The molecule has 1 heterocycles. The summed E-state index contributed by atoms with van der Waals surface area (Å²) in [5.41, 5.74) is -0.406. The Hall–Kier alpha value is -2.67. The van der Waals surface area contributed by atoms with Crippen molar-refractivity contribution in [2.24, 2.45) is 0 Å². The van der Waals surface area contributed by atoms with Crippen molar-refractivity contribution in [1.29, 1.82) is 0 Å². The lowest BCUT2D eigenvalue weighted by molar-refractivity contribution is -0.114. The number of phenolic OH excluding ortho intramolecular Hbond substituents is 2. The standard InChI is InChI=1S/C24H32O7/c1-3-4-5-6-7-8-9-10-11-12-16(26)13-14-17-21(27)18(15-25)19-20(22(17)28)23(29)31-24(19)30-2/h11-12,15,24,27-28H,3-10,13-14H2,1-2H3/b12-11+/t24-/m0/s1. The minimum atomic E-state index is -1.18. The number of ketones is 1. The van der Waals surface area contributed by atoms with Crippen LogP contribution in [0.5, 0.6) is 11.5 Å². The number of hydrogen-bond donors (Lipinski definition) is 2. The monoisotopic (exact) mass is 432 g/mol. The molecule has 2 N–H and O–H groups in total. The van der Waals surface area contributed by atoms with Gasteiger partial charge in [-0.25, -0.2) is 4.79 Å². The number of methoxy groups -OCH3 is 1. The summed E-state index contributed by atoms with van der Waals surface area (Å²) in [6.07, 6.45) is 11.8. The SMILES string of the molecule is CCCCCCCCC/C=C/C(=O)CCc1c(O)c(C=O)c2c(c1O)C(=O)O[C@@H]2OC. The number of carbonyl (C=O) groups is 3. The number of benzene rings is 1. The van der Waals surface area contributed by atoms with Crippen molar-refractivity contribution in [1.82, 2.24) is 0 Å². The summed E-state index contributed by atoms with van der Waals surface area (Å²) in [5, 5.41) is 20.9. The second-order valence-corrected chi connectivity index (χ2v) is 7.75. The molecule has 1 atom stereocenters. The van der Waals surface area contributed by atoms with Crippen LogP contribution in [0.15, 0.2) is 12.2 Å². The Morgan fingerprint density at radius 2 is 1.77 bits per heavy atom. The highest BCUT2D eigenvalue weighted by Crippen LogP contribution is 2.45. The molecule has 7 nitrogen and oxygen atoms in total. The summed E-state index contributed by atoms with van der Waals surface area (Å²) >= 11 is 0. The zero-order chi connectivity index (χ0) is 22.8. The van der Waals surface area contributed by atoms with Crippen LogP contribution in [0.25, 0.3) is 0 Å². The average molecular weight is 433 g/mol. The van der Waals surface area contributed by atoms with Gasteiger partial charge in [-0.2, -0.15) is 0 Å². The molecule has 1 aliphatic rings. The fraction of sp³-hybridized carbons (Fsp3) is 0.542. The zero-order valence-corrected chi connectivity index (χ0v) is 18.3. The number of aromatic hydroxyl groups is 2. The van der Waals surface area contributed by atoms with Crippen LogP contribution in [0.4, 0.5) is 0 Å². The first-order chi connectivity index (χ1) is 15.0. The summed E-state index contributed by atoms with van der Waals surface area (Å²) in [4.78, 5) is 35.8. The fourth-order valence-corrected chi connectivity index (χ4v) is 3.77. The fourth-order valence-electron chi connectivity index (χ4n) is 3.77. The summed E-state index contributed by atoms with van der Waals surface area (Å²) in [6.45, 7) is 2.20. The first-order valence-corrected chi connectivity index (χ1v) is 10.9.